The van der Waals surface area contributed by atoms with E-state index in [1.807, 2.05) is 18.5 Å². The smallest absolute Gasteiger partial charge is 0.0309 e. The third kappa shape index (κ3) is 3.04. The molecule has 1 aromatic rings. The molecule has 1 saturated heterocycles. The first-order chi connectivity index (χ1) is 9.71. The molecule has 2 fully saturated rings. The Hall–Kier alpha value is -0.930. The molecule has 1 aliphatic heterocycles. The van der Waals surface area contributed by atoms with Gasteiger partial charge in [-0.3, -0.25) is 9.88 Å². The summed E-state index contributed by atoms with van der Waals surface area (Å²) in [5, 5.41) is 3.83. The first-order valence-electron chi connectivity index (χ1n) is 8.09. The molecule has 0 aromatic carbocycles. The second-order valence-corrected chi connectivity index (χ2v) is 6.72. The summed E-state index contributed by atoms with van der Waals surface area (Å²) < 4.78 is 0. The van der Waals surface area contributed by atoms with Crippen molar-refractivity contribution < 1.29 is 0 Å². The summed E-state index contributed by atoms with van der Waals surface area (Å²) in [6, 6.07) is 4.92. The number of rotatable bonds is 5. The van der Waals surface area contributed by atoms with Crippen molar-refractivity contribution >= 4 is 0 Å². The molecule has 2 aliphatic rings. The van der Waals surface area contributed by atoms with Gasteiger partial charge in [-0.1, -0.05) is 13.0 Å². The van der Waals surface area contributed by atoms with Crippen molar-refractivity contribution in [3.8, 4) is 0 Å². The minimum absolute atomic E-state index is 0.348. The third-order valence-electron chi connectivity index (χ3n) is 5.15. The second-order valence-electron chi connectivity index (χ2n) is 6.72. The topological polar surface area (TPSA) is 28.2 Å². The van der Waals surface area contributed by atoms with Gasteiger partial charge < -0.3 is 5.32 Å². The molecule has 3 heteroatoms. The normalized spacial score (nSPS) is 31.4. The number of aromatic nitrogens is 1. The molecule has 1 saturated carbocycles. The zero-order chi connectivity index (χ0) is 14.0. The highest BCUT2D eigenvalue weighted by Gasteiger charge is 2.45. The van der Waals surface area contributed by atoms with Crippen molar-refractivity contribution in [2.24, 2.45) is 5.92 Å². The van der Waals surface area contributed by atoms with Gasteiger partial charge in [0.1, 0.15) is 0 Å². The number of nitrogens with zero attached hydrogens (tertiary/aromatic N) is 2. The van der Waals surface area contributed by atoms with Crippen LogP contribution in [0.2, 0.25) is 0 Å². The maximum Gasteiger partial charge on any atom is 0.0309 e. The number of nitrogens with one attached hydrogen (secondary N) is 1. The maximum atomic E-state index is 4.22. The number of hydrogen-bond donors (Lipinski definition) is 1. The van der Waals surface area contributed by atoms with Crippen LogP contribution in [-0.4, -0.2) is 41.1 Å². The summed E-state index contributed by atoms with van der Waals surface area (Å²) in [5.74, 6) is 0.904. The molecule has 3 rings (SSSR count). The average Bonchev–Trinajstić information content (AvgIpc) is 3.31. The van der Waals surface area contributed by atoms with Crippen LogP contribution in [0.3, 0.4) is 0 Å². The van der Waals surface area contributed by atoms with Gasteiger partial charge in [-0.05, 0) is 50.2 Å². The van der Waals surface area contributed by atoms with E-state index in [-0.39, 0.29) is 0 Å². The molecule has 1 aliphatic carbocycles. The third-order valence-corrected chi connectivity index (χ3v) is 5.15. The van der Waals surface area contributed by atoms with Crippen LogP contribution in [0.1, 0.15) is 38.7 Å². The first kappa shape index (κ1) is 14.0. The van der Waals surface area contributed by atoms with Gasteiger partial charge in [0.25, 0.3) is 0 Å². The Morgan fingerprint density at radius 3 is 2.95 bits per heavy atom. The van der Waals surface area contributed by atoms with Gasteiger partial charge in [-0.2, -0.15) is 0 Å². The molecule has 3 nitrogen and oxygen atoms in total. The molecule has 0 radical (unpaired) electrons. The number of hydrogen-bond acceptors (Lipinski definition) is 3. The van der Waals surface area contributed by atoms with Crippen molar-refractivity contribution in [3.05, 3.63) is 30.1 Å². The minimum Gasteiger partial charge on any atom is -0.308 e. The van der Waals surface area contributed by atoms with Crippen LogP contribution in [-0.2, 0) is 6.42 Å². The molecule has 1 N–H and O–H groups in total. The molecule has 0 spiro atoms. The van der Waals surface area contributed by atoms with Crippen molar-refractivity contribution in [1.82, 2.24) is 15.2 Å². The Kier molecular flexibility index (Phi) is 4.08. The molecular weight excluding hydrogens is 246 g/mol. The SMILES string of the molecule is CCC1CNC(C)(C2CC2)CN1CCc1cccnc1. The molecule has 2 unspecified atom stereocenters. The van der Waals surface area contributed by atoms with Gasteiger partial charge >= 0.3 is 0 Å². The molecule has 20 heavy (non-hydrogen) atoms. The van der Waals surface area contributed by atoms with Gasteiger partial charge in [-0.25, -0.2) is 0 Å². The Bertz CT molecular complexity index is 429. The summed E-state index contributed by atoms with van der Waals surface area (Å²) in [5.41, 5.74) is 1.70. The largest absolute Gasteiger partial charge is 0.308 e. The lowest BCUT2D eigenvalue weighted by Gasteiger charge is -2.46. The van der Waals surface area contributed by atoms with Crippen molar-refractivity contribution in [3.63, 3.8) is 0 Å². The van der Waals surface area contributed by atoms with Crippen molar-refractivity contribution in [1.29, 1.82) is 0 Å². The van der Waals surface area contributed by atoms with Gasteiger partial charge in [0, 0.05) is 43.6 Å². The van der Waals surface area contributed by atoms with Crippen LogP contribution in [0.25, 0.3) is 0 Å². The predicted molar refractivity (Wildman–Crippen MR) is 82.7 cm³/mol. The van der Waals surface area contributed by atoms with E-state index < -0.39 is 0 Å². The van der Waals surface area contributed by atoms with E-state index in [9.17, 15) is 0 Å². The average molecular weight is 273 g/mol. The fourth-order valence-electron chi connectivity index (χ4n) is 3.56. The quantitative estimate of drug-likeness (QED) is 0.893. The molecule has 0 bridgehead atoms. The van der Waals surface area contributed by atoms with E-state index in [1.165, 1.54) is 31.4 Å². The standard InChI is InChI=1S/C17H27N3/c1-3-16-12-19-17(2,15-6-7-15)13-20(16)10-8-14-5-4-9-18-11-14/h4-5,9,11,15-16,19H,3,6-8,10,12-13H2,1-2H3. The maximum absolute atomic E-state index is 4.22. The number of pyridine rings is 1. The highest BCUT2D eigenvalue weighted by molar-refractivity contribution is 5.10. The Morgan fingerprint density at radius 2 is 2.30 bits per heavy atom. The fraction of sp³-hybridized carbons (Fsp3) is 0.706. The van der Waals surface area contributed by atoms with E-state index in [0.29, 0.717) is 11.6 Å². The van der Waals surface area contributed by atoms with Crippen LogP contribution in [0.15, 0.2) is 24.5 Å². The second kappa shape index (κ2) is 5.82. The van der Waals surface area contributed by atoms with Crippen LogP contribution >= 0.6 is 0 Å². The monoisotopic (exact) mass is 273 g/mol. The molecule has 2 atom stereocenters. The van der Waals surface area contributed by atoms with Gasteiger partial charge in [0.2, 0.25) is 0 Å². The first-order valence-corrected chi connectivity index (χ1v) is 8.09. The zero-order valence-corrected chi connectivity index (χ0v) is 12.8. The fourth-order valence-corrected chi connectivity index (χ4v) is 3.56. The molecule has 2 heterocycles. The Balaban J connectivity index is 1.62. The summed E-state index contributed by atoms with van der Waals surface area (Å²) in [6.07, 6.45) is 9.04. The highest BCUT2D eigenvalue weighted by Crippen LogP contribution is 2.41. The molecule has 0 amide bonds. The van der Waals surface area contributed by atoms with E-state index >= 15 is 0 Å². The lowest BCUT2D eigenvalue weighted by molar-refractivity contribution is 0.0739. The highest BCUT2D eigenvalue weighted by atomic mass is 15.3. The summed E-state index contributed by atoms with van der Waals surface area (Å²) in [7, 11) is 0. The van der Waals surface area contributed by atoms with Gasteiger partial charge in [0.15, 0.2) is 0 Å². The Labute approximate surface area is 122 Å². The minimum atomic E-state index is 0.348. The zero-order valence-electron chi connectivity index (χ0n) is 12.8. The summed E-state index contributed by atoms with van der Waals surface area (Å²) in [6.45, 7) is 8.25. The summed E-state index contributed by atoms with van der Waals surface area (Å²) >= 11 is 0. The number of piperazine rings is 1. The predicted octanol–water partition coefficient (Wildman–Crippen LogP) is 2.48. The molecular formula is C17H27N3. The molecule has 110 valence electrons. The van der Waals surface area contributed by atoms with Crippen LogP contribution < -0.4 is 5.32 Å². The van der Waals surface area contributed by atoms with Crippen LogP contribution in [0.4, 0.5) is 0 Å². The van der Waals surface area contributed by atoms with E-state index in [2.05, 4.69) is 35.1 Å². The van der Waals surface area contributed by atoms with Crippen LogP contribution in [0.5, 0.6) is 0 Å². The lowest BCUT2D eigenvalue weighted by atomic mass is 9.90. The Morgan fingerprint density at radius 1 is 1.45 bits per heavy atom. The van der Waals surface area contributed by atoms with E-state index in [0.717, 1.165) is 25.4 Å². The lowest BCUT2D eigenvalue weighted by Crippen LogP contribution is -2.64. The van der Waals surface area contributed by atoms with Gasteiger partial charge in [-0.15, -0.1) is 0 Å². The van der Waals surface area contributed by atoms with Crippen LogP contribution in [0, 0.1) is 5.92 Å². The van der Waals surface area contributed by atoms with Gasteiger partial charge in [0.05, 0.1) is 0 Å². The molecule has 1 aromatic heterocycles. The van der Waals surface area contributed by atoms with Crippen molar-refractivity contribution in [2.75, 3.05) is 19.6 Å². The summed E-state index contributed by atoms with van der Waals surface area (Å²) in [4.78, 5) is 6.93. The van der Waals surface area contributed by atoms with E-state index in [1.54, 1.807) is 0 Å². The van der Waals surface area contributed by atoms with Crippen molar-refractivity contribution in [2.45, 2.75) is 51.1 Å². The van der Waals surface area contributed by atoms with E-state index in [4.69, 9.17) is 0 Å².